The van der Waals surface area contributed by atoms with Crippen molar-refractivity contribution in [2.24, 2.45) is 5.92 Å². The van der Waals surface area contributed by atoms with Crippen LogP contribution < -0.4 is 10.9 Å². The topological polar surface area (TPSA) is 81.8 Å². The van der Waals surface area contributed by atoms with Gasteiger partial charge in [0.2, 0.25) is 5.91 Å². The molecule has 0 radical (unpaired) electrons. The Balaban J connectivity index is 1.41. The van der Waals surface area contributed by atoms with Gasteiger partial charge in [-0.15, -0.1) is 0 Å². The Labute approximate surface area is 178 Å². The lowest BCUT2D eigenvalue weighted by Gasteiger charge is -2.29. The molecule has 1 N–H and O–H groups in total. The Morgan fingerprint density at radius 1 is 1.23 bits per heavy atom. The summed E-state index contributed by atoms with van der Waals surface area (Å²) in [7, 11) is 0. The Hall–Kier alpha value is -2.61. The molecular weight excluding hydrogens is 398 g/mol. The van der Waals surface area contributed by atoms with Gasteiger partial charge in [-0.3, -0.25) is 14.2 Å². The Morgan fingerprint density at radius 2 is 2.03 bits per heavy atom. The van der Waals surface area contributed by atoms with Crippen LogP contribution >= 0.6 is 11.8 Å². The number of benzene rings is 1. The molecule has 5 rings (SSSR count). The molecule has 1 amide bonds. The monoisotopic (exact) mass is 423 g/mol. The van der Waals surface area contributed by atoms with Crippen LogP contribution in [0.25, 0.3) is 16.7 Å². The van der Waals surface area contributed by atoms with Crippen LogP contribution in [0.2, 0.25) is 0 Å². The minimum absolute atomic E-state index is 0.0270. The first-order valence-corrected chi connectivity index (χ1v) is 11.6. The number of carbonyl (C=O) groups excluding carboxylic acids is 1. The molecule has 156 valence electrons. The van der Waals surface area contributed by atoms with Gasteiger partial charge < -0.3 is 5.32 Å². The van der Waals surface area contributed by atoms with Gasteiger partial charge in [0.25, 0.3) is 5.56 Å². The third-order valence-electron chi connectivity index (χ3n) is 6.25. The van der Waals surface area contributed by atoms with Crippen molar-refractivity contribution in [3.8, 4) is 5.69 Å². The fourth-order valence-corrected chi connectivity index (χ4v) is 5.68. The smallest absolute Gasteiger partial charge is 0.265 e. The summed E-state index contributed by atoms with van der Waals surface area (Å²) < 4.78 is 3.39. The summed E-state index contributed by atoms with van der Waals surface area (Å²) in [6.45, 7) is 2.21. The molecule has 1 saturated carbocycles. The maximum absolute atomic E-state index is 13.2. The molecule has 3 heterocycles. The zero-order valence-electron chi connectivity index (χ0n) is 17.0. The fraction of sp³-hybridized carbons (Fsp3) is 0.455. The average Bonchev–Trinajstić information content (AvgIpc) is 3.35. The van der Waals surface area contributed by atoms with Gasteiger partial charge in [-0.1, -0.05) is 49.7 Å². The van der Waals surface area contributed by atoms with Crippen LogP contribution in [-0.2, 0) is 4.79 Å². The lowest BCUT2D eigenvalue weighted by atomic mass is 9.86. The third kappa shape index (κ3) is 3.43. The van der Waals surface area contributed by atoms with Crippen molar-refractivity contribution in [2.45, 2.75) is 56.3 Å². The number of thioether (sulfide) groups is 1. The van der Waals surface area contributed by atoms with E-state index in [1.807, 2.05) is 30.3 Å². The zero-order chi connectivity index (χ0) is 20.7. The number of hydrogen-bond donors (Lipinski definition) is 1. The van der Waals surface area contributed by atoms with Crippen molar-refractivity contribution in [3.63, 3.8) is 0 Å². The van der Waals surface area contributed by atoms with Crippen LogP contribution in [0.5, 0.6) is 0 Å². The van der Waals surface area contributed by atoms with Gasteiger partial charge in [-0.2, -0.15) is 5.10 Å². The van der Waals surface area contributed by atoms with E-state index in [0.29, 0.717) is 34.3 Å². The minimum Gasteiger partial charge on any atom is -0.353 e. The Bertz CT molecular complexity index is 1140. The van der Waals surface area contributed by atoms with Gasteiger partial charge in [-0.25, -0.2) is 9.67 Å². The highest BCUT2D eigenvalue weighted by molar-refractivity contribution is 7.99. The highest BCUT2D eigenvalue weighted by Gasteiger charge is 2.31. The second-order valence-corrected chi connectivity index (χ2v) is 9.29. The van der Waals surface area contributed by atoms with Crippen LogP contribution in [0, 0.1) is 5.92 Å². The lowest BCUT2D eigenvalue weighted by molar-refractivity contribution is -0.123. The van der Waals surface area contributed by atoms with Crippen LogP contribution in [0.4, 0.5) is 0 Å². The van der Waals surface area contributed by atoms with E-state index in [1.54, 1.807) is 15.4 Å². The molecule has 30 heavy (non-hydrogen) atoms. The number of hydrogen-bond acceptors (Lipinski definition) is 5. The second-order valence-electron chi connectivity index (χ2n) is 8.30. The van der Waals surface area contributed by atoms with Crippen molar-refractivity contribution in [3.05, 3.63) is 46.9 Å². The van der Waals surface area contributed by atoms with E-state index in [1.165, 1.54) is 31.0 Å². The van der Waals surface area contributed by atoms with E-state index in [9.17, 15) is 9.59 Å². The summed E-state index contributed by atoms with van der Waals surface area (Å²) in [6.07, 6.45) is 6.51. The molecule has 1 aliphatic heterocycles. The zero-order valence-corrected chi connectivity index (χ0v) is 17.8. The maximum atomic E-state index is 13.2. The quantitative estimate of drug-likeness (QED) is 0.651. The standard InChI is InChI=1S/C22H25N5O2S/c1-14-7-5-6-10-18(14)24-19(28)11-16-13-30-22-25-20-17(21(29)26(16)22)12-23-27(20)15-8-3-2-4-9-15/h2-4,8-9,12,14,16,18H,5-7,10-11,13H2,1H3,(H,24,28). The number of rotatable bonds is 4. The molecule has 2 aliphatic rings. The first-order valence-electron chi connectivity index (χ1n) is 10.6. The summed E-state index contributed by atoms with van der Waals surface area (Å²) in [4.78, 5) is 30.7. The number of aromatic nitrogens is 4. The van der Waals surface area contributed by atoms with Crippen LogP contribution in [-0.4, -0.2) is 37.0 Å². The van der Waals surface area contributed by atoms with Gasteiger partial charge in [0, 0.05) is 18.2 Å². The molecule has 0 bridgehead atoms. The molecule has 1 aliphatic carbocycles. The minimum atomic E-state index is -0.173. The number of fused-ring (bicyclic) bond motifs is 2. The second kappa shape index (κ2) is 7.91. The van der Waals surface area contributed by atoms with Crippen LogP contribution in [0.15, 0.2) is 46.5 Å². The molecule has 3 atom stereocenters. The third-order valence-corrected chi connectivity index (χ3v) is 7.35. The van der Waals surface area contributed by atoms with Gasteiger partial charge in [0.15, 0.2) is 10.8 Å². The van der Waals surface area contributed by atoms with Crippen molar-refractivity contribution in [1.29, 1.82) is 0 Å². The summed E-state index contributed by atoms with van der Waals surface area (Å²) in [5.74, 6) is 1.22. The summed E-state index contributed by atoms with van der Waals surface area (Å²) in [5, 5.41) is 8.74. The Kier molecular flexibility index (Phi) is 5.10. The molecule has 8 heteroatoms. The normalized spacial score (nSPS) is 23.4. The van der Waals surface area contributed by atoms with Crippen molar-refractivity contribution in [2.75, 3.05) is 5.75 Å². The van der Waals surface area contributed by atoms with E-state index in [2.05, 4.69) is 17.3 Å². The number of carbonyl (C=O) groups is 1. The molecule has 0 spiro atoms. The summed E-state index contributed by atoms with van der Waals surface area (Å²) >= 11 is 1.53. The first kappa shape index (κ1) is 19.4. The van der Waals surface area contributed by atoms with Crippen molar-refractivity contribution >= 4 is 28.7 Å². The van der Waals surface area contributed by atoms with E-state index in [0.717, 1.165) is 12.1 Å². The summed E-state index contributed by atoms with van der Waals surface area (Å²) in [6, 6.07) is 9.75. The van der Waals surface area contributed by atoms with Crippen LogP contribution in [0.1, 0.15) is 45.1 Å². The van der Waals surface area contributed by atoms with E-state index in [-0.39, 0.29) is 23.6 Å². The number of para-hydroxylation sites is 1. The molecule has 3 aromatic rings. The van der Waals surface area contributed by atoms with Gasteiger partial charge in [-0.05, 0) is 30.9 Å². The summed E-state index contributed by atoms with van der Waals surface area (Å²) in [5.41, 5.74) is 1.31. The predicted octanol–water partition coefficient (Wildman–Crippen LogP) is 3.31. The van der Waals surface area contributed by atoms with Gasteiger partial charge >= 0.3 is 0 Å². The van der Waals surface area contributed by atoms with Gasteiger partial charge in [0.05, 0.1) is 17.9 Å². The largest absolute Gasteiger partial charge is 0.353 e. The molecule has 1 aromatic carbocycles. The number of nitrogens with one attached hydrogen (secondary N) is 1. The fourth-order valence-electron chi connectivity index (χ4n) is 4.55. The molecule has 1 fully saturated rings. The molecule has 0 saturated heterocycles. The Morgan fingerprint density at radius 3 is 2.83 bits per heavy atom. The number of amides is 1. The maximum Gasteiger partial charge on any atom is 0.265 e. The highest BCUT2D eigenvalue weighted by Crippen LogP contribution is 2.33. The molecule has 7 nitrogen and oxygen atoms in total. The molecule has 2 aromatic heterocycles. The SMILES string of the molecule is CC1CCCCC1NC(=O)CC1CSc2nc3c(cnn3-c3ccccc3)c(=O)n21. The van der Waals surface area contributed by atoms with E-state index < -0.39 is 0 Å². The van der Waals surface area contributed by atoms with E-state index >= 15 is 0 Å². The van der Waals surface area contributed by atoms with Crippen molar-refractivity contribution in [1.82, 2.24) is 24.6 Å². The predicted molar refractivity (Wildman–Crippen MR) is 117 cm³/mol. The first-order chi connectivity index (χ1) is 14.6. The van der Waals surface area contributed by atoms with E-state index in [4.69, 9.17) is 4.98 Å². The number of nitrogens with zero attached hydrogens (tertiary/aromatic N) is 4. The van der Waals surface area contributed by atoms with Crippen molar-refractivity contribution < 1.29 is 4.79 Å². The molecule has 3 unspecified atom stereocenters. The van der Waals surface area contributed by atoms with Crippen LogP contribution in [0.3, 0.4) is 0 Å². The average molecular weight is 424 g/mol. The highest BCUT2D eigenvalue weighted by atomic mass is 32.2. The lowest BCUT2D eigenvalue weighted by Crippen LogP contribution is -2.42. The molecular formula is C22H25N5O2S. The van der Waals surface area contributed by atoms with Gasteiger partial charge in [0.1, 0.15) is 5.39 Å².